The lowest BCUT2D eigenvalue weighted by Gasteiger charge is -2.36. The minimum absolute atomic E-state index is 0.0342. The summed E-state index contributed by atoms with van der Waals surface area (Å²) in [6.07, 6.45) is 0.914. The average Bonchev–Trinajstić information content (AvgIpc) is 3.56. The average molecular weight is 659 g/mol. The highest BCUT2D eigenvalue weighted by Crippen LogP contribution is 2.44. The number of hydrogen-bond donors (Lipinski definition) is 0. The molecular weight excluding hydrogens is 612 g/mol. The summed E-state index contributed by atoms with van der Waals surface area (Å²) in [4.78, 5) is 13.9. The van der Waals surface area contributed by atoms with Crippen LogP contribution in [-0.2, 0) is 28.4 Å². The Morgan fingerprint density at radius 2 is 1.46 bits per heavy atom. The number of ether oxygens (including phenoxy) is 8. The van der Waals surface area contributed by atoms with Gasteiger partial charge in [-0.2, -0.15) is 0 Å². The summed E-state index contributed by atoms with van der Waals surface area (Å²) in [5, 5.41) is 0. The monoisotopic (exact) mass is 658 g/mol. The number of aryl methyl sites for hydroxylation is 1. The van der Waals surface area contributed by atoms with Crippen LogP contribution in [-0.4, -0.2) is 68.1 Å². The van der Waals surface area contributed by atoms with Gasteiger partial charge in [0, 0.05) is 0 Å². The molecule has 9 heteroatoms. The highest BCUT2D eigenvalue weighted by Gasteiger charge is 2.60. The normalized spacial score (nSPS) is 25.6. The smallest absolute Gasteiger partial charge is 0.338 e. The largest absolute Gasteiger partial charge is 0.494 e. The summed E-state index contributed by atoms with van der Waals surface area (Å²) in [7, 11) is 0. The van der Waals surface area contributed by atoms with Crippen LogP contribution >= 0.6 is 0 Å². The summed E-state index contributed by atoms with van der Waals surface area (Å²) in [5.41, 5.74) is 4.38. The maximum absolute atomic E-state index is 13.9. The van der Waals surface area contributed by atoms with Gasteiger partial charge in [-0.05, 0) is 107 Å². The molecule has 0 spiro atoms. The van der Waals surface area contributed by atoms with E-state index in [4.69, 9.17) is 37.9 Å². The number of hydrogen-bond acceptors (Lipinski definition) is 9. The lowest BCUT2D eigenvalue weighted by Crippen LogP contribution is -2.56. The highest BCUT2D eigenvalue weighted by atomic mass is 16.9. The van der Waals surface area contributed by atoms with E-state index in [1.807, 2.05) is 102 Å². The van der Waals surface area contributed by atoms with Gasteiger partial charge in [-0.1, -0.05) is 48.5 Å². The van der Waals surface area contributed by atoms with Crippen LogP contribution in [0.2, 0.25) is 0 Å². The van der Waals surface area contributed by atoms with Crippen LogP contribution in [0.15, 0.2) is 72.8 Å². The van der Waals surface area contributed by atoms with Gasteiger partial charge in [0.2, 0.25) is 0 Å². The molecule has 0 aliphatic carbocycles. The van der Waals surface area contributed by atoms with Gasteiger partial charge in [0.25, 0.3) is 0 Å². The fourth-order valence-corrected chi connectivity index (χ4v) is 6.60. The molecule has 0 amide bonds. The molecule has 256 valence electrons. The second-order valence-electron chi connectivity index (χ2n) is 13.2. The van der Waals surface area contributed by atoms with Crippen molar-refractivity contribution in [3.05, 3.63) is 95.1 Å². The Labute approximate surface area is 283 Å². The quantitative estimate of drug-likeness (QED) is 0.113. The molecule has 6 rings (SSSR count). The van der Waals surface area contributed by atoms with Crippen LogP contribution < -0.4 is 9.47 Å². The minimum atomic E-state index is -0.844. The molecule has 3 aromatic carbocycles. The first kappa shape index (κ1) is 34.1. The summed E-state index contributed by atoms with van der Waals surface area (Å²) in [6.45, 7) is 12.5. The van der Waals surface area contributed by atoms with Crippen molar-refractivity contribution >= 4 is 17.6 Å². The molecule has 3 heterocycles. The Bertz CT molecular complexity index is 1580. The number of benzene rings is 3. The summed E-state index contributed by atoms with van der Waals surface area (Å²) in [5.74, 6) is -0.525. The molecular formula is C39H46O9. The van der Waals surface area contributed by atoms with Gasteiger partial charge >= 0.3 is 5.97 Å². The molecule has 9 nitrogen and oxygen atoms in total. The van der Waals surface area contributed by atoms with E-state index >= 15 is 0 Å². The zero-order valence-electron chi connectivity index (χ0n) is 28.6. The highest BCUT2D eigenvalue weighted by molar-refractivity contribution is 5.98. The second-order valence-corrected chi connectivity index (χ2v) is 13.2. The number of rotatable bonds is 12. The Morgan fingerprint density at radius 3 is 2.19 bits per heavy atom. The van der Waals surface area contributed by atoms with Crippen LogP contribution in [0, 0.1) is 6.92 Å². The fraction of sp³-hybridized carbons (Fsp3) is 0.462. The minimum Gasteiger partial charge on any atom is -0.494 e. The fourth-order valence-electron chi connectivity index (χ4n) is 6.60. The van der Waals surface area contributed by atoms with E-state index < -0.39 is 48.2 Å². The van der Waals surface area contributed by atoms with Gasteiger partial charge in [0.05, 0.1) is 18.8 Å². The summed E-state index contributed by atoms with van der Waals surface area (Å²) in [6, 6.07) is 23.5. The maximum atomic E-state index is 13.9. The predicted molar refractivity (Wildman–Crippen MR) is 181 cm³/mol. The molecule has 3 fully saturated rings. The molecule has 0 bridgehead atoms. The molecule has 0 N–H and O–H groups in total. The van der Waals surface area contributed by atoms with Crippen molar-refractivity contribution < 1.29 is 42.7 Å². The van der Waals surface area contributed by atoms with Crippen LogP contribution in [0.5, 0.6) is 11.5 Å². The van der Waals surface area contributed by atoms with Crippen molar-refractivity contribution in [2.45, 2.75) is 96.7 Å². The van der Waals surface area contributed by atoms with E-state index in [0.717, 1.165) is 40.2 Å². The van der Waals surface area contributed by atoms with E-state index in [1.54, 1.807) is 0 Å². The summed E-state index contributed by atoms with van der Waals surface area (Å²) < 4.78 is 48.4. The Balaban J connectivity index is 1.18. The summed E-state index contributed by atoms with van der Waals surface area (Å²) >= 11 is 0. The number of allylic oxidation sites excluding steroid dienone is 1. The van der Waals surface area contributed by atoms with Crippen LogP contribution in [0.1, 0.15) is 74.5 Å². The molecule has 3 aliphatic rings. The van der Waals surface area contributed by atoms with Gasteiger partial charge in [-0.3, -0.25) is 0 Å². The first-order valence-corrected chi connectivity index (χ1v) is 16.8. The van der Waals surface area contributed by atoms with Crippen molar-refractivity contribution in [2.75, 3.05) is 19.8 Å². The molecule has 0 unspecified atom stereocenters. The topological polar surface area (TPSA) is 90.9 Å². The molecule has 3 aromatic rings. The van der Waals surface area contributed by atoms with E-state index in [0.29, 0.717) is 25.2 Å². The van der Waals surface area contributed by atoms with Crippen LogP contribution in [0.4, 0.5) is 0 Å². The Morgan fingerprint density at radius 1 is 0.792 bits per heavy atom. The molecule has 48 heavy (non-hydrogen) atoms. The molecule has 0 saturated carbocycles. The number of carbonyl (C=O) groups excluding carboxylic acids is 1. The van der Waals surface area contributed by atoms with Gasteiger partial charge in [-0.15, -0.1) is 0 Å². The van der Waals surface area contributed by atoms with E-state index in [9.17, 15) is 4.79 Å². The van der Waals surface area contributed by atoms with E-state index in [-0.39, 0.29) is 6.61 Å². The van der Waals surface area contributed by atoms with Gasteiger partial charge < -0.3 is 37.9 Å². The molecule has 3 aliphatic heterocycles. The molecule has 0 aromatic heterocycles. The van der Waals surface area contributed by atoms with E-state index in [2.05, 4.69) is 18.2 Å². The van der Waals surface area contributed by atoms with Gasteiger partial charge in [0.15, 0.2) is 17.9 Å². The zero-order valence-corrected chi connectivity index (χ0v) is 28.6. The van der Waals surface area contributed by atoms with Crippen molar-refractivity contribution in [1.82, 2.24) is 0 Å². The van der Waals surface area contributed by atoms with Crippen LogP contribution in [0.3, 0.4) is 0 Å². The molecule has 3 saturated heterocycles. The number of fused-ring (bicyclic) bond motifs is 3. The van der Waals surface area contributed by atoms with E-state index in [1.165, 1.54) is 0 Å². The SMILES string of the molecule is CCOc1ccc(OCCC/C(=C/c2ccccc2)c2c(C)cccc2C(=O)OC[C@H]2O[C@@H]3OC(C)(C)O[C@@H]3[C@H]3OC(C)(C)O[C@H]32)cc1. The van der Waals surface area contributed by atoms with Crippen LogP contribution in [0.25, 0.3) is 11.6 Å². The van der Waals surface area contributed by atoms with Crippen molar-refractivity contribution in [3.63, 3.8) is 0 Å². The Hall–Kier alpha value is -3.73. The van der Waals surface area contributed by atoms with Gasteiger partial charge in [0.1, 0.15) is 42.5 Å². The first-order chi connectivity index (χ1) is 23.0. The van der Waals surface area contributed by atoms with Crippen molar-refractivity contribution in [1.29, 1.82) is 0 Å². The standard InChI is InChI=1S/C39H46O9/c1-7-41-28-18-20-29(21-19-28)42-22-12-16-27(23-26-14-9-8-10-15-26)32-25(2)13-11-17-30(32)36(40)43-24-31-33-34(46-38(3,4)45-33)35-37(44-31)48-39(5,6)47-35/h8-11,13-15,17-21,23,31,33-35,37H,7,12,16,22,24H2,1-6H3/b27-23-/t31-,33+,34+,35-,37-/m1/s1. The lowest BCUT2D eigenvalue weighted by molar-refractivity contribution is -0.240. The zero-order chi connectivity index (χ0) is 33.9. The first-order valence-electron chi connectivity index (χ1n) is 16.8. The third-order valence-corrected chi connectivity index (χ3v) is 8.58. The molecule has 5 atom stereocenters. The third-order valence-electron chi connectivity index (χ3n) is 8.58. The maximum Gasteiger partial charge on any atom is 0.338 e. The predicted octanol–water partition coefficient (Wildman–Crippen LogP) is 7.35. The number of carbonyl (C=O) groups is 1. The third kappa shape index (κ3) is 7.93. The molecule has 0 radical (unpaired) electrons. The van der Waals surface area contributed by atoms with Gasteiger partial charge in [-0.25, -0.2) is 4.79 Å². The lowest BCUT2D eigenvalue weighted by atomic mass is 9.90. The second kappa shape index (κ2) is 14.4. The Kier molecular flexibility index (Phi) is 10.2. The number of esters is 1. The van der Waals surface area contributed by atoms with Crippen molar-refractivity contribution in [3.8, 4) is 11.5 Å². The van der Waals surface area contributed by atoms with Crippen molar-refractivity contribution in [2.24, 2.45) is 0 Å².